The summed E-state index contributed by atoms with van der Waals surface area (Å²) in [7, 11) is 2.98. The Morgan fingerprint density at radius 1 is 0.800 bits per heavy atom. The minimum Gasteiger partial charge on any atom is -0.388 e. The topological polar surface area (TPSA) is 206 Å². The number of aliphatic hydroxyl groups is 5. The van der Waals surface area contributed by atoms with Gasteiger partial charge in [-0.25, -0.2) is 0 Å². The van der Waals surface area contributed by atoms with Crippen LogP contribution in [0.5, 0.6) is 0 Å². The molecule has 3 aliphatic heterocycles. The Kier molecular flexibility index (Phi) is 24.7. The Morgan fingerprint density at radius 2 is 1.39 bits per heavy atom. The van der Waals surface area contributed by atoms with Crippen molar-refractivity contribution in [3.05, 3.63) is 73.1 Å². The number of esters is 1. The van der Waals surface area contributed by atoms with Crippen molar-refractivity contribution in [2.24, 2.45) is 23.7 Å². The summed E-state index contributed by atoms with van der Waals surface area (Å²) < 4.78 is 34.5. The zero-order valence-corrected chi connectivity index (χ0v) is 55.0. The smallest absolute Gasteiger partial charge is 0.126 e. The van der Waals surface area contributed by atoms with Gasteiger partial charge in [0.2, 0.25) is 0 Å². The van der Waals surface area contributed by atoms with E-state index in [4.69, 9.17) is 28.8 Å². The molecule has 1 unspecified atom stereocenters. The molecule has 0 bridgehead atoms. The molecule has 480 valence electrons. The number of carbonyl (C=O) groups excluding carboxylic acids is 2. The van der Waals surface area contributed by atoms with Crippen molar-refractivity contribution in [2.45, 2.75) is 268 Å². The fourth-order valence-corrected chi connectivity index (χ4v) is 20.0. The quantitative estimate of drug-likeness (QED) is 0.0363. The van der Waals surface area contributed by atoms with Crippen LogP contribution in [0, 0.1) is 23.7 Å². The molecule has 2 aromatic carbocycles. The van der Waals surface area contributed by atoms with E-state index in [-0.39, 0.29) is 56.2 Å². The summed E-state index contributed by atoms with van der Waals surface area (Å²) >= 11 is 0. The number of carbonyl (C=O) groups is 2. The molecule has 18 atom stereocenters. The number of benzene rings is 2. The number of amides is 1. The maximum absolute atomic E-state index is 14.8. The third-order valence-electron chi connectivity index (χ3n) is 20.6. The van der Waals surface area contributed by atoms with Crippen LogP contribution in [0.1, 0.15) is 184 Å². The third-order valence-corrected chi connectivity index (χ3v) is 25.6. The first-order valence-corrected chi connectivity index (χ1v) is 34.8. The van der Waals surface area contributed by atoms with E-state index in [2.05, 4.69) is 77.7 Å². The van der Waals surface area contributed by atoms with Crippen LogP contribution < -0.4 is 15.9 Å². The normalized spacial score (nSPS) is 36.1. The van der Waals surface area contributed by atoms with Crippen LogP contribution >= 0.6 is 7.26 Å². The van der Waals surface area contributed by atoms with Crippen LogP contribution in [-0.4, -0.2) is 175 Å². The van der Waals surface area contributed by atoms with Crippen molar-refractivity contribution in [1.29, 1.82) is 0 Å². The van der Waals surface area contributed by atoms with Gasteiger partial charge in [0, 0.05) is 32.0 Å². The molecule has 0 radical (unpaired) electrons. The molecule has 4 aliphatic rings. The van der Waals surface area contributed by atoms with Crippen LogP contribution in [-0.2, 0) is 33.3 Å². The fourth-order valence-electron chi connectivity index (χ4n) is 15.2. The van der Waals surface area contributed by atoms with Gasteiger partial charge in [-0.2, -0.15) is 0 Å². The first-order valence-electron chi connectivity index (χ1n) is 32.6. The van der Waals surface area contributed by atoms with Gasteiger partial charge in [0.15, 0.2) is 6.29 Å². The van der Waals surface area contributed by atoms with E-state index in [1.54, 1.807) is 39.5 Å². The van der Waals surface area contributed by atoms with Crippen molar-refractivity contribution < 1.29 is 58.8 Å². The van der Waals surface area contributed by atoms with Crippen LogP contribution in [0.4, 0.5) is 0 Å². The summed E-state index contributed by atoms with van der Waals surface area (Å²) in [5, 5.41) is 70.3. The average molecular weight is 1210 g/mol. The molecule has 3 aromatic rings. The van der Waals surface area contributed by atoms with Crippen molar-refractivity contribution in [3.8, 4) is 0 Å². The summed E-state index contributed by atoms with van der Waals surface area (Å²) in [4.78, 5) is 33.1. The Labute approximate surface area is 510 Å². The van der Waals surface area contributed by atoms with E-state index in [1.165, 1.54) is 55.6 Å². The SMILES string of the molecule is CC[C@H]1OC(=O)[C@H](C)[C@@H](C2C[C@@](C)(OC)[C@@H](O)[C@H](C)O2)[C@H](C)[C@@H](O[C@@H]2O[C@H](C)C[C@H](N(C)C)[C@H]2O)[C@](C)(O)C[C@@H](C)CN(C(=O)CCCCCCCCCCC[PH](c2ccccc2)(c2ccccc2)c2cnn(C3CCC3)c2)[C@H](C)[C@@H](O)[C@]1(C)O. The molecule has 3 saturated heterocycles. The van der Waals surface area contributed by atoms with Gasteiger partial charge in [0.1, 0.15) is 30.0 Å². The number of methoxy groups -OCH3 is 1. The van der Waals surface area contributed by atoms with Crippen molar-refractivity contribution in [1.82, 2.24) is 19.6 Å². The number of likely N-dealkylation sites (N-methyl/N-ethyl adjacent to an activating group) is 1. The maximum atomic E-state index is 14.8. The van der Waals surface area contributed by atoms with Crippen molar-refractivity contribution in [2.75, 3.05) is 33.9 Å². The van der Waals surface area contributed by atoms with Gasteiger partial charge in [-0.3, -0.25) is 9.59 Å². The zero-order valence-electron chi connectivity index (χ0n) is 54.0. The van der Waals surface area contributed by atoms with E-state index in [0.29, 0.717) is 18.9 Å². The number of ether oxygens (including phenoxy) is 5. The molecule has 1 saturated carbocycles. The third kappa shape index (κ3) is 16.2. The van der Waals surface area contributed by atoms with Gasteiger partial charge in [-0.15, -0.1) is 0 Å². The summed E-state index contributed by atoms with van der Waals surface area (Å²) in [5.74, 6) is -3.63. The molecule has 7 rings (SSSR count). The first-order chi connectivity index (χ1) is 40.3. The Balaban J connectivity index is 1.03. The zero-order chi connectivity index (χ0) is 62.0. The summed E-state index contributed by atoms with van der Waals surface area (Å²) in [5.41, 5.74) is -4.72. The monoisotopic (exact) mass is 1210 g/mol. The van der Waals surface area contributed by atoms with Crippen LogP contribution in [0.25, 0.3) is 0 Å². The number of hydrogen-bond donors (Lipinski definition) is 5. The van der Waals surface area contributed by atoms with Gasteiger partial charge < -0.3 is 59.0 Å². The van der Waals surface area contributed by atoms with Crippen molar-refractivity contribution in [3.63, 3.8) is 0 Å². The van der Waals surface area contributed by atoms with E-state index in [9.17, 15) is 35.1 Å². The molecule has 17 heteroatoms. The summed E-state index contributed by atoms with van der Waals surface area (Å²) in [6.07, 6.45) is 11.2. The Hall–Kier alpha value is -3.38. The molecule has 4 fully saturated rings. The molecule has 1 amide bonds. The number of nitrogens with zero attached hydrogens (tertiary/aromatic N) is 4. The van der Waals surface area contributed by atoms with Crippen LogP contribution in [0.2, 0.25) is 0 Å². The van der Waals surface area contributed by atoms with Gasteiger partial charge in [-0.1, -0.05) is 27.7 Å². The van der Waals surface area contributed by atoms with Crippen molar-refractivity contribution >= 4 is 35.1 Å². The Morgan fingerprint density at radius 3 is 1.94 bits per heavy atom. The predicted octanol–water partition coefficient (Wildman–Crippen LogP) is 8.62. The van der Waals surface area contributed by atoms with E-state index < -0.39 is 103 Å². The van der Waals surface area contributed by atoms with Gasteiger partial charge in [0.25, 0.3) is 0 Å². The number of cyclic esters (lactones) is 1. The molecule has 85 heavy (non-hydrogen) atoms. The molecular formula is C68H111N4O12P. The second-order valence-electron chi connectivity index (χ2n) is 27.5. The summed E-state index contributed by atoms with van der Waals surface area (Å²) in [6, 6.07) is 21.6. The number of aromatic nitrogens is 2. The molecule has 5 N–H and O–H groups in total. The molecular weight excluding hydrogens is 1100 g/mol. The molecule has 16 nitrogen and oxygen atoms in total. The minimum atomic E-state index is -2.34. The van der Waals surface area contributed by atoms with Gasteiger partial charge in [0.05, 0.1) is 47.6 Å². The second-order valence-corrected chi connectivity index (χ2v) is 31.5. The number of aliphatic hydroxyl groups excluding tert-OH is 3. The van der Waals surface area contributed by atoms with Crippen LogP contribution in [0.3, 0.4) is 0 Å². The number of hydrogen-bond acceptors (Lipinski definition) is 14. The molecule has 0 spiro atoms. The molecule has 4 heterocycles. The van der Waals surface area contributed by atoms with E-state index in [1.807, 2.05) is 46.7 Å². The number of rotatable bonds is 22. The van der Waals surface area contributed by atoms with E-state index in [0.717, 1.165) is 51.1 Å². The van der Waals surface area contributed by atoms with Gasteiger partial charge in [-0.05, 0) is 86.7 Å². The first kappa shape index (κ1) is 69.1. The second kappa shape index (κ2) is 30.4. The largest absolute Gasteiger partial charge is 0.388 e. The standard InChI is InChI=1S/C68H111N4O12P/c1-14-57-68(10,79)61(75)49(6)71(58(73)37-28-20-18-16-15-17-19-21-29-38-85(52-33-24-22-25-34-52,53-35-26-23-27-36-53)54-42-69-72(44-54)51-31-30-32-51)43-45(2)40-66(8,78)63(84-65-60(74)55(70(11)12)39-46(3)81-65)47(4)59(48(5)64(77)83-57)56-41-67(9,80-13)62(76)50(7)82-56/h22-27,33-36,42,44-51,55-57,59-63,65,74-76,78-79,85H,14-21,28-32,37-41,43H2,1-13H3/t45-,46-,47+,48-,49-,50+,55+,56?,57-,59+,60-,61-,62+,63-,65+,66-,67-,68-/m1/s1. The Bertz CT molecular complexity index is 2480. The predicted molar refractivity (Wildman–Crippen MR) is 338 cm³/mol. The van der Waals surface area contributed by atoms with Gasteiger partial charge >= 0.3 is 214 Å². The van der Waals surface area contributed by atoms with E-state index >= 15 is 0 Å². The minimum absolute atomic E-state index is 0.106. The summed E-state index contributed by atoms with van der Waals surface area (Å²) in [6.45, 7) is 17.9. The molecule has 1 aliphatic carbocycles. The molecule has 1 aromatic heterocycles. The number of unbranched alkanes of at least 4 members (excludes halogenated alkanes) is 8. The van der Waals surface area contributed by atoms with Crippen LogP contribution in [0.15, 0.2) is 73.1 Å². The maximum Gasteiger partial charge on any atom is 0.126 e. The fraction of sp³-hybridized carbons (Fsp3) is 0.750. The average Bonchev–Trinajstić information content (AvgIpc) is 3.69.